The fourth-order valence-electron chi connectivity index (χ4n) is 1.49. The number of rotatable bonds is 1. The number of hydrogen-bond donors (Lipinski definition) is 1. The molecule has 0 bridgehead atoms. The third-order valence-corrected chi connectivity index (χ3v) is 2.17. The lowest BCUT2D eigenvalue weighted by atomic mass is 9.99. The standard InChI is InChI=1S/C11H20N2O2/c1-11(2,3)12-10(14)15-13-9-7-5-4-6-8-9/h4-8H2,1-3H3,(H,12,14). The van der Waals surface area contributed by atoms with Gasteiger partial charge in [0.25, 0.3) is 0 Å². The molecule has 0 heterocycles. The lowest BCUT2D eigenvalue weighted by Crippen LogP contribution is -2.40. The van der Waals surface area contributed by atoms with Crippen molar-refractivity contribution in [3.63, 3.8) is 0 Å². The Hall–Kier alpha value is -1.06. The minimum absolute atomic E-state index is 0.274. The van der Waals surface area contributed by atoms with Gasteiger partial charge in [-0.1, -0.05) is 11.6 Å². The predicted molar refractivity (Wildman–Crippen MR) is 59.9 cm³/mol. The highest BCUT2D eigenvalue weighted by Crippen LogP contribution is 2.14. The number of carbonyl (C=O) groups is 1. The van der Waals surface area contributed by atoms with E-state index >= 15 is 0 Å². The molecule has 0 unspecified atom stereocenters. The van der Waals surface area contributed by atoms with Crippen molar-refractivity contribution < 1.29 is 9.63 Å². The highest BCUT2D eigenvalue weighted by atomic mass is 16.7. The van der Waals surface area contributed by atoms with E-state index in [0.29, 0.717) is 0 Å². The van der Waals surface area contributed by atoms with Crippen molar-refractivity contribution in [1.29, 1.82) is 0 Å². The Bertz CT molecular complexity index is 246. The first-order valence-corrected chi connectivity index (χ1v) is 5.52. The molecule has 1 rings (SSSR count). The van der Waals surface area contributed by atoms with Crippen LogP contribution in [0.25, 0.3) is 0 Å². The average molecular weight is 212 g/mol. The van der Waals surface area contributed by atoms with Gasteiger partial charge in [0.1, 0.15) is 0 Å². The van der Waals surface area contributed by atoms with Gasteiger partial charge in [-0.3, -0.25) is 4.84 Å². The van der Waals surface area contributed by atoms with Gasteiger partial charge in [-0.15, -0.1) is 0 Å². The van der Waals surface area contributed by atoms with Crippen LogP contribution in [0, 0.1) is 0 Å². The molecule has 1 fully saturated rings. The summed E-state index contributed by atoms with van der Waals surface area (Å²) in [6.07, 6.45) is 5.02. The topological polar surface area (TPSA) is 50.7 Å². The minimum Gasteiger partial charge on any atom is -0.315 e. The van der Waals surface area contributed by atoms with Crippen molar-refractivity contribution in [2.75, 3.05) is 0 Å². The summed E-state index contributed by atoms with van der Waals surface area (Å²) < 4.78 is 0. The fourth-order valence-corrected chi connectivity index (χ4v) is 1.49. The predicted octanol–water partition coefficient (Wildman–Crippen LogP) is 2.83. The number of oxime groups is 1. The summed E-state index contributed by atoms with van der Waals surface area (Å²) in [5.41, 5.74) is 0.731. The van der Waals surface area contributed by atoms with Crippen molar-refractivity contribution in [2.45, 2.75) is 58.4 Å². The second-order valence-electron chi connectivity index (χ2n) is 4.97. The Labute approximate surface area is 91.1 Å². The molecule has 4 nitrogen and oxygen atoms in total. The molecule has 1 aliphatic carbocycles. The van der Waals surface area contributed by atoms with Crippen molar-refractivity contribution in [2.24, 2.45) is 5.16 Å². The van der Waals surface area contributed by atoms with Crippen LogP contribution in [0.3, 0.4) is 0 Å². The maximum absolute atomic E-state index is 11.3. The Kier molecular flexibility index (Phi) is 4.12. The number of nitrogens with one attached hydrogen (secondary N) is 1. The molecule has 1 amide bonds. The lowest BCUT2D eigenvalue weighted by Gasteiger charge is -2.18. The van der Waals surface area contributed by atoms with Crippen LogP contribution in [-0.2, 0) is 4.84 Å². The van der Waals surface area contributed by atoms with E-state index in [1.165, 1.54) is 6.42 Å². The SMILES string of the molecule is CC(C)(C)NC(=O)ON=C1CCCCC1. The maximum Gasteiger partial charge on any atom is 0.433 e. The molecule has 0 saturated heterocycles. The van der Waals surface area contributed by atoms with Crippen LogP contribution in [0.1, 0.15) is 52.9 Å². The van der Waals surface area contributed by atoms with Crippen molar-refractivity contribution >= 4 is 11.8 Å². The first kappa shape index (κ1) is 12.0. The van der Waals surface area contributed by atoms with E-state index in [0.717, 1.165) is 31.4 Å². The average Bonchev–Trinajstić information content (AvgIpc) is 2.14. The van der Waals surface area contributed by atoms with E-state index in [-0.39, 0.29) is 5.54 Å². The third-order valence-electron chi connectivity index (χ3n) is 2.17. The second-order valence-corrected chi connectivity index (χ2v) is 4.97. The highest BCUT2D eigenvalue weighted by Gasteiger charge is 2.15. The first-order chi connectivity index (χ1) is 6.97. The van der Waals surface area contributed by atoms with Gasteiger partial charge in [0.2, 0.25) is 0 Å². The maximum atomic E-state index is 11.3. The van der Waals surface area contributed by atoms with Crippen LogP contribution in [0.5, 0.6) is 0 Å². The van der Waals surface area contributed by atoms with Crippen LogP contribution in [0.4, 0.5) is 4.79 Å². The van der Waals surface area contributed by atoms with E-state index in [1.807, 2.05) is 20.8 Å². The van der Waals surface area contributed by atoms with Crippen LogP contribution in [-0.4, -0.2) is 17.3 Å². The lowest BCUT2D eigenvalue weighted by molar-refractivity contribution is 0.141. The largest absolute Gasteiger partial charge is 0.433 e. The summed E-state index contributed by atoms with van der Waals surface area (Å²) >= 11 is 0. The molecule has 0 atom stereocenters. The van der Waals surface area contributed by atoms with E-state index < -0.39 is 6.09 Å². The molecule has 1 N–H and O–H groups in total. The Morgan fingerprint density at radius 3 is 2.40 bits per heavy atom. The summed E-state index contributed by atoms with van der Waals surface area (Å²) in [4.78, 5) is 16.1. The van der Waals surface area contributed by atoms with Gasteiger partial charge in [-0.2, -0.15) is 0 Å². The Balaban J connectivity index is 2.32. The molecule has 1 aliphatic rings. The zero-order valence-corrected chi connectivity index (χ0v) is 9.80. The van der Waals surface area contributed by atoms with Crippen molar-refractivity contribution in [1.82, 2.24) is 5.32 Å². The van der Waals surface area contributed by atoms with Crippen LogP contribution >= 0.6 is 0 Å². The molecule has 0 aromatic carbocycles. The van der Waals surface area contributed by atoms with Crippen LogP contribution < -0.4 is 5.32 Å². The summed E-state index contributed by atoms with van der Waals surface area (Å²) in [5, 5.41) is 6.56. The van der Waals surface area contributed by atoms with E-state index in [9.17, 15) is 4.79 Å². The van der Waals surface area contributed by atoms with Crippen LogP contribution in [0.15, 0.2) is 5.16 Å². The number of hydrogen-bond acceptors (Lipinski definition) is 3. The van der Waals surface area contributed by atoms with Gasteiger partial charge in [0.15, 0.2) is 0 Å². The molecule has 15 heavy (non-hydrogen) atoms. The van der Waals surface area contributed by atoms with E-state index in [2.05, 4.69) is 10.5 Å². The van der Waals surface area contributed by atoms with E-state index in [4.69, 9.17) is 4.84 Å². The molecule has 1 saturated carbocycles. The monoisotopic (exact) mass is 212 g/mol. The summed E-state index contributed by atoms with van der Waals surface area (Å²) in [6, 6.07) is 0. The zero-order chi connectivity index (χ0) is 11.3. The number of amides is 1. The summed E-state index contributed by atoms with van der Waals surface area (Å²) in [6.45, 7) is 5.71. The Morgan fingerprint density at radius 2 is 1.87 bits per heavy atom. The number of carbonyl (C=O) groups excluding carboxylic acids is 1. The van der Waals surface area contributed by atoms with Gasteiger partial charge < -0.3 is 5.32 Å². The fraction of sp³-hybridized carbons (Fsp3) is 0.818. The zero-order valence-electron chi connectivity index (χ0n) is 9.80. The number of nitrogens with zero attached hydrogens (tertiary/aromatic N) is 1. The van der Waals surface area contributed by atoms with Gasteiger partial charge in [0.05, 0.1) is 5.71 Å². The first-order valence-electron chi connectivity index (χ1n) is 5.52. The third kappa shape index (κ3) is 5.40. The second kappa shape index (κ2) is 5.14. The molecular formula is C11H20N2O2. The quantitative estimate of drug-likeness (QED) is 0.536. The van der Waals surface area contributed by atoms with Crippen LogP contribution in [0.2, 0.25) is 0 Å². The Morgan fingerprint density at radius 1 is 1.27 bits per heavy atom. The van der Waals surface area contributed by atoms with Crippen molar-refractivity contribution in [3.8, 4) is 0 Å². The highest BCUT2D eigenvalue weighted by molar-refractivity contribution is 5.85. The molecule has 0 aromatic heterocycles. The van der Waals surface area contributed by atoms with Gasteiger partial charge >= 0.3 is 6.09 Å². The van der Waals surface area contributed by atoms with Gasteiger partial charge in [0, 0.05) is 5.54 Å². The minimum atomic E-state index is -0.472. The van der Waals surface area contributed by atoms with E-state index in [1.54, 1.807) is 0 Å². The molecule has 4 heteroatoms. The molecule has 0 radical (unpaired) electrons. The summed E-state index contributed by atoms with van der Waals surface area (Å²) in [7, 11) is 0. The van der Waals surface area contributed by atoms with Crippen molar-refractivity contribution in [3.05, 3.63) is 0 Å². The van der Waals surface area contributed by atoms with Gasteiger partial charge in [-0.05, 0) is 46.5 Å². The molecular weight excluding hydrogens is 192 g/mol. The smallest absolute Gasteiger partial charge is 0.315 e. The van der Waals surface area contributed by atoms with Gasteiger partial charge in [-0.25, -0.2) is 4.79 Å². The normalized spacial score (nSPS) is 17.1. The molecule has 0 aliphatic heterocycles. The summed E-state index contributed by atoms with van der Waals surface area (Å²) in [5.74, 6) is 0. The molecule has 86 valence electrons. The molecule has 0 spiro atoms. The molecule has 0 aromatic rings.